The fourth-order valence-corrected chi connectivity index (χ4v) is 2.99. The Labute approximate surface area is 166 Å². The third kappa shape index (κ3) is 5.53. The molecule has 0 saturated heterocycles. The number of amides is 2. The smallest absolute Gasteiger partial charge is 0.254 e. The van der Waals surface area contributed by atoms with E-state index in [1.54, 1.807) is 19.2 Å². The normalized spacial score (nSPS) is 11.8. The number of hydrogen-bond donors (Lipinski definition) is 2. The molecule has 2 rings (SSSR count). The van der Waals surface area contributed by atoms with Gasteiger partial charge < -0.3 is 15.4 Å². The van der Waals surface area contributed by atoms with Crippen molar-refractivity contribution in [3.63, 3.8) is 0 Å². The summed E-state index contributed by atoms with van der Waals surface area (Å²) in [5.74, 6) is -1.13. The van der Waals surface area contributed by atoms with E-state index in [-0.39, 0.29) is 23.9 Å². The van der Waals surface area contributed by atoms with Gasteiger partial charge in [0.2, 0.25) is 5.91 Å². The Morgan fingerprint density at radius 3 is 2.52 bits per heavy atom. The van der Waals surface area contributed by atoms with Crippen LogP contribution in [-0.2, 0) is 11.3 Å². The second kappa shape index (κ2) is 9.50. The maximum absolute atomic E-state index is 13.8. The van der Waals surface area contributed by atoms with Crippen LogP contribution in [0.3, 0.4) is 0 Å². The van der Waals surface area contributed by atoms with Gasteiger partial charge in [-0.25, -0.2) is 4.39 Å². The molecule has 0 radical (unpaired) electrons. The standard InChI is InChI=1S/C20H22BrFN2O3/c1-12(2)18(24-19(25)15-6-4-5-7-16(15)22)20(26)23-11-13-10-14(21)8-9-17(13)27-3/h4-10,12,18H,11H2,1-3H3,(H,23,26)(H,24,25). The molecule has 2 aromatic rings. The van der Waals surface area contributed by atoms with Crippen molar-refractivity contribution in [1.29, 1.82) is 0 Å². The van der Waals surface area contributed by atoms with Crippen LogP contribution in [0.15, 0.2) is 46.9 Å². The number of benzene rings is 2. The molecule has 0 aliphatic carbocycles. The van der Waals surface area contributed by atoms with Crippen molar-refractivity contribution in [3.05, 3.63) is 63.9 Å². The van der Waals surface area contributed by atoms with E-state index in [1.165, 1.54) is 18.2 Å². The summed E-state index contributed by atoms with van der Waals surface area (Å²) in [6.07, 6.45) is 0. The van der Waals surface area contributed by atoms with Crippen LogP contribution in [0.2, 0.25) is 0 Å². The third-order valence-corrected chi connectivity index (χ3v) is 4.54. The molecule has 0 heterocycles. The Morgan fingerprint density at radius 2 is 1.89 bits per heavy atom. The van der Waals surface area contributed by atoms with Crippen LogP contribution in [-0.4, -0.2) is 25.0 Å². The Morgan fingerprint density at radius 1 is 1.19 bits per heavy atom. The summed E-state index contributed by atoms with van der Waals surface area (Å²) in [7, 11) is 1.56. The Hall–Kier alpha value is -2.41. The zero-order chi connectivity index (χ0) is 20.0. The largest absolute Gasteiger partial charge is 0.496 e. The Bertz CT molecular complexity index is 827. The summed E-state index contributed by atoms with van der Waals surface area (Å²) in [6.45, 7) is 3.86. The second-order valence-corrected chi connectivity index (χ2v) is 7.26. The first-order chi connectivity index (χ1) is 12.8. The molecule has 2 amide bonds. The predicted molar refractivity (Wildman–Crippen MR) is 105 cm³/mol. The molecule has 0 aliphatic rings. The van der Waals surface area contributed by atoms with Crippen LogP contribution in [0.4, 0.5) is 4.39 Å². The number of nitrogens with one attached hydrogen (secondary N) is 2. The van der Waals surface area contributed by atoms with E-state index >= 15 is 0 Å². The molecule has 0 spiro atoms. The van der Waals surface area contributed by atoms with Crippen molar-refractivity contribution in [1.82, 2.24) is 10.6 Å². The number of carbonyl (C=O) groups is 2. The summed E-state index contributed by atoms with van der Waals surface area (Å²) >= 11 is 3.39. The molecule has 144 valence electrons. The van der Waals surface area contributed by atoms with Crippen molar-refractivity contribution in [2.75, 3.05) is 7.11 Å². The molecule has 0 aromatic heterocycles. The second-order valence-electron chi connectivity index (χ2n) is 6.35. The SMILES string of the molecule is COc1ccc(Br)cc1CNC(=O)C(NC(=O)c1ccccc1F)C(C)C. The number of ether oxygens (including phenoxy) is 1. The highest BCUT2D eigenvalue weighted by molar-refractivity contribution is 9.10. The number of methoxy groups -OCH3 is 1. The molecule has 27 heavy (non-hydrogen) atoms. The zero-order valence-corrected chi connectivity index (χ0v) is 17.0. The van der Waals surface area contributed by atoms with E-state index in [2.05, 4.69) is 26.6 Å². The van der Waals surface area contributed by atoms with Crippen LogP contribution in [0.5, 0.6) is 5.75 Å². The summed E-state index contributed by atoms with van der Waals surface area (Å²) in [4.78, 5) is 25.0. The molecule has 2 N–H and O–H groups in total. The van der Waals surface area contributed by atoms with Gasteiger partial charge in [0.1, 0.15) is 17.6 Å². The van der Waals surface area contributed by atoms with Gasteiger partial charge in [-0.1, -0.05) is 41.9 Å². The molecule has 7 heteroatoms. The van der Waals surface area contributed by atoms with Gasteiger partial charge in [0.25, 0.3) is 5.91 Å². The maximum atomic E-state index is 13.8. The fraction of sp³-hybridized carbons (Fsp3) is 0.300. The lowest BCUT2D eigenvalue weighted by atomic mass is 10.0. The number of rotatable bonds is 7. The first-order valence-corrected chi connectivity index (χ1v) is 9.28. The number of halogens is 2. The van der Waals surface area contributed by atoms with E-state index in [9.17, 15) is 14.0 Å². The van der Waals surface area contributed by atoms with Crippen LogP contribution >= 0.6 is 15.9 Å². The minimum absolute atomic E-state index is 0.0930. The van der Waals surface area contributed by atoms with Gasteiger partial charge in [-0.15, -0.1) is 0 Å². The first kappa shape index (κ1) is 20.9. The van der Waals surface area contributed by atoms with E-state index in [0.29, 0.717) is 5.75 Å². The van der Waals surface area contributed by atoms with E-state index in [4.69, 9.17) is 4.74 Å². The highest BCUT2D eigenvalue weighted by atomic mass is 79.9. The van der Waals surface area contributed by atoms with Gasteiger partial charge >= 0.3 is 0 Å². The molecule has 1 atom stereocenters. The minimum atomic E-state index is -0.796. The topological polar surface area (TPSA) is 67.4 Å². The summed E-state index contributed by atoms with van der Waals surface area (Å²) in [5.41, 5.74) is 0.702. The molecular weight excluding hydrogens is 415 g/mol. The summed E-state index contributed by atoms with van der Waals surface area (Å²) in [6, 6.07) is 10.4. The monoisotopic (exact) mass is 436 g/mol. The van der Waals surface area contributed by atoms with Crippen LogP contribution in [0.25, 0.3) is 0 Å². The fourth-order valence-electron chi connectivity index (χ4n) is 2.58. The predicted octanol–water partition coefficient (Wildman–Crippen LogP) is 3.67. The van der Waals surface area contributed by atoms with Crippen molar-refractivity contribution in [2.24, 2.45) is 5.92 Å². The van der Waals surface area contributed by atoms with Gasteiger partial charge in [0.05, 0.1) is 12.7 Å². The molecule has 0 fully saturated rings. The van der Waals surface area contributed by atoms with E-state index < -0.39 is 17.8 Å². The summed E-state index contributed by atoms with van der Waals surface area (Å²) < 4.78 is 20.0. The highest BCUT2D eigenvalue weighted by Gasteiger charge is 2.25. The van der Waals surface area contributed by atoms with Crippen molar-refractivity contribution < 1.29 is 18.7 Å². The van der Waals surface area contributed by atoms with Crippen LogP contribution < -0.4 is 15.4 Å². The average molecular weight is 437 g/mol. The molecule has 0 aliphatic heterocycles. The lowest BCUT2D eigenvalue weighted by Gasteiger charge is -2.22. The van der Waals surface area contributed by atoms with E-state index in [1.807, 2.05) is 26.0 Å². The molecule has 5 nitrogen and oxygen atoms in total. The van der Waals surface area contributed by atoms with Crippen molar-refractivity contribution in [2.45, 2.75) is 26.4 Å². The van der Waals surface area contributed by atoms with Crippen LogP contribution in [0.1, 0.15) is 29.8 Å². The Kier molecular flexibility index (Phi) is 7.36. The Balaban J connectivity index is 2.08. The number of carbonyl (C=O) groups excluding carboxylic acids is 2. The van der Waals surface area contributed by atoms with E-state index in [0.717, 1.165) is 10.0 Å². The van der Waals surface area contributed by atoms with Crippen molar-refractivity contribution >= 4 is 27.7 Å². The molecule has 1 unspecified atom stereocenters. The lowest BCUT2D eigenvalue weighted by molar-refractivity contribution is -0.124. The first-order valence-electron chi connectivity index (χ1n) is 8.49. The number of hydrogen-bond acceptors (Lipinski definition) is 3. The van der Waals surface area contributed by atoms with Crippen LogP contribution in [0, 0.1) is 11.7 Å². The summed E-state index contributed by atoms with van der Waals surface area (Å²) in [5, 5.41) is 5.42. The zero-order valence-electron chi connectivity index (χ0n) is 15.4. The van der Waals surface area contributed by atoms with Gasteiger partial charge in [0.15, 0.2) is 0 Å². The lowest BCUT2D eigenvalue weighted by Crippen LogP contribution is -2.49. The molecule has 0 bridgehead atoms. The van der Waals surface area contributed by atoms with Crippen molar-refractivity contribution in [3.8, 4) is 5.75 Å². The quantitative estimate of drug-likeness (QED) is 0.695. The van der Waals surface area contributed by atoms with Gasteiger partial charge in [-0.05, 0) is 36.2 Å². The molecule has 0 saturated carbocycles. The maximum Gasteiger partial charge on any atom is 0.254 e. The minimum Gasteiger partial charge on any atom is -0.496 e. The van der Waals surface area contributed by atoms with Gasteiger partial charge in [0, 0.05) is 16.6 Å². The van der Waals surface area contributed by atoms with Gasteiger partial charge in [-0.3, -0.25) is 9.59 Å². The van der Waals surface area contributed by atoms with Gasteiger partial charge in [-0.2, -0.15) is 0 Å². The molecular formula is C20H22BrFN2O3. The molecule has 2 aromatic carbocycles. The third-order valence-electron chi connectivity index (χ3n) is 4.05. The highest BCUT2D eigenvalue weighted by Crippen LogP contribution is 2.22. The average Bonchev–Trinajstić information content (AvgIpc) is 2.64.